The van der Waals surface area contributed by atoms with Crippen molar-refractivity contribution >= 4 is 22.6 Å². The predicted molar refractivity (Wildman–Crippen MR) is 52.7 cm³/mol. The number of hydrogen-bond donors (Lipinski definition) is 0. The molecular weight excluding hydrogens is 253 g/mol. The van der Waals surface area contributed by atoms with Gasteiger partial charge >= 0.3 is 0 Å². The number of aromatic nitrogens is 1. The fourth-order valence-corrected chi connectivity index (χ4v) is 1.16. The Balaban J connectivity index is 2.56. The molecule has 1 rings (SSSR count). The number of rotatable bonds is 3. The molecule has 0 N–H and O–H groups in total. The van der Waals surface area contributed by atoms with Crippen molar-refractivity contribution in [3.8, 4) is 5.75 Å². The van der Waals surface area contributed by atoms with Crippen molar-refractivity contribution in [2.75, 3.05) is 6.61 Å². The molecule has 3 heteroatoms. The predicted octanol–water partition coefficient (Wildman–Crippen LogP) is 2.48. The summed E-state index contributed by atoms with van der Waals surface area (Å²) < 4.78 is 6.48. The van der Waals surface area contributed by atoms with Crippen LogP contribution in [0.3, 0.4) is 0 Å². The summed E-state index contributed by atoms with van der Waals surface area (Å²) >= 11 is 2.21. The third kappa shape index (κ3) is 3.05. The second-order valence-corrected chi connectivity index (χ2v) is 3.43. The zero-order valence-corrected chi connectivity index (χ0v) is 8.54. The second kappa shape index (κ2) is 4.54. The van der Waals surface area contributed by atoms with Crippen molar-refractivity contribution in [3.63, 3.8) is 0 Å². The van der Waals surface area contributed by atoms with Gasteiger partial charge in [-0.15, -0.1) is 0 Å². The first-order chi connectivity index (χ1) is 5.33. The van der Waals surface area contributed by atoms with Gasteiger partial charge in [0.1, 0.15) is 5.75 Å². The molecule has 0 fully saturated rings. The third-order valence-corrected chi connectivity index (χ3v) is 1.74. The van der Waals surface area contributed by atoms with E-state index in [2.05, 4.69) is 34.5 Å². The van der Waals surface area contributed by atoms with Crippen LogP contribution in [0.25, 0.3) is 0 Å². The topological polar surface area (TPSA) is 22.1 Å². The summed E-state index contributed by atoms with van der Waals surface area (Å²) in [6.07, 6.45) is 4.57. The van der Waals surface area contributed by atoms with E-state index < -0.39 is 0 Å². The van der Waals surface area contributed by atoms with Gasteiger partial charge < -0.3 is 4.74 Å². The van der Waals surface area contributed by atoms with Crippen molar-refractivity contribution < 1.29 is 4.74 Å². The van der Waals surface area contributed by atoms with E-state index in [0.717, 1.165) is 22.3 Å². The van der Waals surface area contributed by atoms with E-state index in [1.54, 1.807) is 12.4 Å². The summed E-state index contributed by atoms with van der Waals surface area (Å²) in [6, 6.07) is 1.98. The molecule has 0 aliphatic rings. The van der Waals surface area contributed by atoms with Gasteiger partial charge in [0.05, 0.1) is 12.8 Å². The highest BCUT2D eigenvalue weighted by molar-refractivity contribution is 14.1. The number of pyridine rings is 1. The molecule has 1 heterocycles. The maximum Gasteiger partial charge on any atom is 0.138 e. The second-order valence-electron chi connectivity index (χ2n) is 2.19. The quantitative estimate of drug-likeness (QED) is 0.781. The van der Waals surface area contributed by atoms with Gasteiger partial charge in [-0.2, -0.15) is 0 Å². The lowest BCUT2D eigenvalue weighted by atomic mass is 10.4. The maximum atomic E-state index is 5.37. The lowest BCUT2D eigenvalue weighted by Crippen LogP contribution is -1.95. The van der Waals surface area contributed by atoms with Crippen molar-refractivity contribution in [2.45, 2.75) is 13.3 Å². The van der Waals surface area contributed by atoms with Gasteiger partial charge in [0.25, 0.3) is 0 Å². The van der Waals surface area contributed by atoms with Gasteiger partial charge in [-0.05, 0) is 35.1 Å². The monoisotopic (exact) mass is 263 g/mol. The molecule has 0 atom stereocenters. The van der Waals surface area contributed by atoms with Crippen LogP contribution in [-0.2, 0) is 0 Å². The summed E-state index contributed by atoms with van der Waals surface area (Å²) in [5, 5.41) is 0. The van der Waals surface area contributed by atoms with Crippen LogP contribution in [0.2, 0.25) is 0 Å². The Morgan fingerprint density at radius 2 is 2.36 bits per heavy atom. The van der Waals surface area contributed by atoms with E-state index in [9.17, 15) is 0 Å². The van der Waals surface area contributed by atoms with E-state index >= 15 is 0 Å². The number of halogens is 1. The van der Waals surface area contributed by atoms with E-state index in [4.69, 9.17) is 4.74 Å². The Morgan fingerprint density at radius 3 is 3.00 bits per heavy atom. The zero-order chi connectivity index (χ0) is 8.10. The average molecular weight is 263 g/mol. The van der Waals surface area contributed by atoms with Crippen molar-refractivity contribution in [1.29, 1.82) is 0 Å². The highest BCUT2D eigenvalue weighted by Gasteiger charge is 1.92. The first kappa shape index (κ1) is 8.77. The molecule has 0 aromatic carbocycles. The molecule has 0 aliphatic heterocycles. The molecule has 11 heavy (non-hydrogen) atoms. The molecule has 0 bridgehead atoms. The Morgan fingerprint density at radius 1 is 1.55 bits per heavy atom. The third-order valence-electron chi connectivity index (χ3n) is 1.15. The van der Waals surface area contributed by atoms with Crippen molar-refractivity contribution in [3.05, 3.63) is 22.0 Å². The highest BCUT2D eigenvalue weighted by atomic mass is 127. The van der Waals surface area contributed by atoms with Crippen molar-refractivity contribution in [2.24, 2.45) is 0 Å². The molecule has 0 unspecified atom stereocenters. The van der Waals surface area contributed by atoms with Gasteiger partial charge in [0.15, 0.2) is 0 Å². The van der Waals surface area contributed by atoms with Gasteiger partial charge in [0.2, 0.25) is 0 Å². The molecule has 0 spiro atoms. The Kier molecular flexibility index (Phi) is 3.62. The first-order valence-corrected chi connectivity index (χ1v) is 4.64. The normalized spacial score (nSPS) is 9.64. The standard InChI is InChI=1S/C8H10INO/c1-2-3-11-8-4-7(9)5-10-6-8/h4-6H,2-3H2,1H3. The molecule has 0 amide bonds. The van der Waals surface area contributed by atoms with Crippen molar-refractivity contribution in [1.82, 2.24) is 4.98 Å². The minimum absolute atomic E-state index is 0.766. The van der Waals surface area contributed by atoms with Crippen LogP contribution in [0.15, 0.2) is 18.5 Å². The van der Waals surface area contributed by atoms with E-state index in [-0.39, 0.29) is 0 Å². The Labute approximate surface area is 80.1 Å². The van der Waals surface area contributed by atoms with E-state index in [0.29, 0.717) is 0 Å². The van der Waals surface area contributed by atoms with Gasteiger partial charge in [0, 0.05) is 9.77 Å². The highest BCUT2D eigenvalue weighted by Crippen LogP contribution is 2.12. The van der Waals surface area contributed by atoms with E-state index in [1.165, 1.54) is 0 Å². The SMILES string of the molecule is CCCOc1cncc(I)c1. The van der Waals surface area contributed by atoms with Gasteiger partial charge in [-0.3, -0.25) is 4.98 Å². The molecule has 0 aliphatic carbocycles. The summed E-state index contributed by atoms with van der Waals surface area (Å²) in [5.74, 6) is 0.860. The number of nitrogens with zero attached hydrogens (tertiary/aromatic N) is 1. The molecule has 0 radical (unpaired) electrons. The molecule has 1 aromatic heterocycles. The molecule has 1 aromatic rings. The lowest BCUT2D eigenvalue weighted by molar-refractivity contribution is 0.316. The van der Waals surface area contributed by atoms with Crippen LogP contribution in [0, 0.1) is 3.57 Å². The molecular formula is C8H10INO. The number of hydrogen-bond acceptors (Lipinski definition) is 2. The van der Waals surface area contributed by atoms with Crippen LogP contribution < -0.4 is 4.74 Å². The Hall–Kier alpha value is -0.320. The van der Waals surface area contributed by atoms with E-state index in [1.807, 2.05) is 6.07 Å². The minimum atomic E-state index is 0.766. The number of ether oxygens (including phenoxy) is 1. The van der Waals surface area contributed by atoms with Gasteiger partial charge in [-0.25, -0.2) is 0 Å². The average Bonchev–Trinajstić information content (AvgIpc) is 2.01. The fraction of sp³-hybridized carbons (Fsp3) is 0.375. The fourth-order valence-electron chi connectivity index (χ4n) is 0.691. The molecule has 0 saturated carbocycles. The summed E-state index contributed by atoms with van der Waals surface area (Å²) in [6.45, 7) is 2.85. The molecule has 60 valence electrons. The lowest BCUT2D eigenvalue weighted by Gasteiger charge is -2.02. The smallest absolute Gasteiger partial charge is 0.138 e. The summed E-state index contributed by atoms with van der Waals surface area (Å²) in [4.78, 5) is 4.00. The largest absolute Gasteiger partial charge is 0.492 e. The molecule has 2 nitrogen and oxygen atoms in total. The minimum Gasteiger partial charge on any atom is -0.492 e. The summed E-state index contributed by atoms with van der Waals surface area (Å²) in [7, 11) is 0. The summed E-state index contributed by atoms with van der Waals surface area (Å²) in [5.41, 5.74) is 0. The van der Waals surface area contributed by atoms with Crippen LogP contribution in [0.5, 0.6) is 5.75 Å². The van der Waals surface area contributed by atoms with Crippen LogP contribution in [0.1, 0.15) is 13.3 Å². The first-order valence-electron chi connectivity index (χ1n) is 3.56. The maximum absolute atomic E-state index is 5.37. The molecule has 0 saturated heterocycles. The van der Waals surface area contributed by atoms with Crippen LogP contribution in [0.4, 0.5) is 0 Å². The Bertz CT molecular complexity index is 227. The van der Waals surface area contributed by atoms with Crippen LogP contribution in [-0.4, -0.2) is 11.6 Å². The zero-order valence-electron chi connectivity index (χ0n) is 6.38. The van der Waals surface area contributed by atoms with Crippen LogP contribution >= 0.6 is 22.6 Å². The van der Waals surface area contributed by atoms with Gasteiger partial charge in [-0.1, -0.05) is 6.92 Å².